The maximum atomic E-state index is 12.1. The molecule has 0 radical (unpaired) electrons. The Kier molecular flexibility index (Phi) is 4.81. The molecule has 1 aliphatic heterocycles. The summed E-state index contributed by atoms with van der Waals surface area (Å²) in [5.41, 5.74) is 0.904. The fraction of sp³-hybridized carbons (Fsp3) is 0.500. The van der Waals surface area contributed by atoms with Crippen LogP contribution in [-0.2, 0) is 11.8 Å². The van der Waals surface area contributed by atoms with Crippen molar-refractivity contribution in [2.75, 3.05) is 19.7 Å². The Morgan fingerprint density at radius 2 is 2.29 bits per heavy atom. The van der Waals surface area contributed by atoms with Crippen molar-refractivity contribution in [3.05, 3.63) is 23.5 Å². The minimum atomic E-state index is -0.405. The second-order valence-corrected chi connectivity index (χ2v) is 5.35. The molecule has 2 heterocycles. The molecule has 0 bridgehead atoms. The molecule has 1 atom stereocenters. The molecule has 21 heavy (non-hydrogen) atoms. The number of hydrogen-bond donors (Lipinski definition) is 0. The van der Waals surface area contributed by atoms with Crippen molar-refractivity contribution < 1.29 is 14.3 Å². The van der Waals surface area contributed by atoms with Crippen LogP contribution >= 0.6 is 0 Å². The highest BCUT2D eigenvalue weighted by Gasteiger charge is 2.25. The van der Waals surface area contributed by atoms with Crippen LogP contribution in [-0.4, -0.2) is 47.0 Å². The Balaban J connectivity index is 1.96. The topological polar surface area (TPSA) is 51.5 Å². The van der Waals surface area contributed by atoms with Crippen molar-refractivity contribution >= 4 is 11.8 Å². The third-order valence-electron chi connectivity index (χ3n) is 3.82. The second-order valence-electron chi connectivity index (χ2n) is 5.35. The summed E-state index contributed by atoms with van der Waals surface area (Å²) in [7, 11) is 1.73. The molecule has 1 unspecified atom stereocenters. The van der Waals surface area contributed by atoms with Gasteiger partial charge in [0.2, 0.25) is 0 Å². The average Bonchev–Trinajstić information content (AvgIpc) is 3.03. The van der Waals surface area contributed by atoms with Gasteiger partial charge in [0.1, 0.15) is 12.3 Å². The van der Waals surface area contributed by atoms with Crippen molar-refractivity contribution in [3.8, 4) is 12.3 Å². The number of Topliss-reactive ketones (excluding diaryl/α,β-unsaturated/α-hetero) is 1. The number of carbonyl (C=O) groups is 2. The molecule has 0 amide bonds. The number of esters is 1. The van der Waals surface area contributed by atoms with E-state index in [1.54, 1.807) is 23.9 Å². The summed E-state index contributed by atoms with van der Waals surface area (Å²) in [6.45, 7) is 3.34. The lowest BCUT2D eigenvalue weighted by molar-refractivity contribution is 0.0397. The SMILES string of the molecule is C#CCN1CCCC1COC(=O)c1cc(C(C)=O)cn1C. The molecule has 2 rings (SSSR count). The van der Waals surface area contributed by atoms with Gasteiger partial charge in [0.25, 0.3) is 0 Å². The van der Waals surface area contributed by atoms with Crippen molar-refractivity contribution in [1.29, 1.82) is 0 Å². The van der Waals surface area contributed by atoms with Gasteiger partial charge < -0.3 is 9.30 Å². The summed E-state index contributed by atoms with van der Waals surface area (Å²) in [4.78, 5) is 25.6. The molecule has 5 nitrogen and oxygen atoms in total. The first-order chi connectivity index (χ1) is 10.0. The minimum absolute atomic E-state index is 0.0689. The van der Waals surface area contributed by atoms with Crippen LogP contribution in [0, 0.1) is 12.3 Å². The zero-order valence-corrected chi connectivity index (χ0v) is 12.5. The van der Waals surface area contributed by atoms with Crippen LogP contribution in [0.4, 0.5) is 0 Å². The smallest absolute Gasteiger partial charge is 0.355 e. The van der Waals surface area contributed by atoms with Crippen LogP contribution in [0.15, 0.2) is 12.3 Å². The normalized spacial score (nSPS) is 18.4. The molecule has 112 valence electrons. The monoisotopic (exact) mass is 288 g/mol. The van der Waals surface area contributed by atoms with Gasteiger partial charge in [0, 0.05) is 24.8 Å². The van der Waals surface area contributed by atoms with E-state index < -0.39 is 5.97 Å². The van der Waals surface area contributed by atoms with Crippen LogP contribution in [0.3, 0.4) is 0 Å². The van der Waals surface area contributed by atoms with E-state index in [-0.39, 0.29) is 11.8 Å². The van der Waals surface area contributed by atoms with Gasteiger partial charge in [-0.2, -0.15) is 0 Å². The first kappa shape index (κ1) is 15.3. The van der Waals surface area contributed by atoms with E-state index in [1.807, 2.05) is 0 Å². The number of aromatic nitrogens is 1. The highest BCUT2D eigenvalue weighted by atomic mass is 16.5. The van der Waals surface area contributed by atoms with E-state index in [9.17, 15) is 9.59 Å². The van der Waals surface area contributed by atoms with Crippen LogP contribution in [0.2, 0.25) is 0 Å². The van der Waals surface area contributed by atoms with Gasteiger partial charge in [-0.1, -0.05) is 5.92 Å². The highest BCUT2D eigenvalue weighted by molar-refractivity contribution is 5.97. The Morgan fingerprint density at radius 1 is 1.52 bits per heavy atom. The summed E-state index contributed by atoms with van der Waals surface area (Å²) < 4.78 is 7.00. The third-order valence-corrected chi connectivity index (χ3v) is 3.82. The van der Waals surface area contributed by atoms with Gasteiger partial charge in [0.05, 0.1) is 6.54 Å². The Hall–Kier alpha value is -2.06. The van der Waals surface area contributed by atoms with Crippen LogP contribution in [0.1, 0.15) is 40.6 Å². The van der Waals surface area contributed by atoms with Crippen LogP contribution in [0.5, 0.6) is 0 Å². The molecule has 1 aliphatic rings. The first-order valence-electron chi connectivity index (χ1n) is 7.05. The Morgan fingerprint density at radius 3 is 2.90 bits per heavy atom. The lowest BCUT2D eigenvalue weighted by Crippen LogP contribution is -2.34. The molecule has 1 saturated heterocycles. The zero-order chi connectivity index (χ0) is 15.4. The molecule has 0 N–H and O–H groups in total. The summed E-state index contributed by atoms with van der Waals surface area (Å²) in [6, 6.07) is 1.76. The quantitative estimate of drug-likeness (QED) is 0.468. The number of terminal acetylenes is 1. The van der Waals surface area contributed by atoms with Gasteiger partial charge in [-0.3, -0.25) is 9.69 Å². The number of nitrogens with zero attached hydrogens (tertiary/aromatic N) is 2. The van der Waals surface area contributed by atoms with Gasteiger partial charge in [-0.25, -0.2) is 4.79 Å². The van der Waals surface area contributed by atoms with Crippen molar-refractivity contribution in [1.82, 2.24) is 9.47 Å². The van der Waals surface area contributed by atoms with E-state index in [0.717, 1.165) is 19.4 Å². The molecule has 5 heteroatoms. The van der Waals surface area contributed by atoms with Crippen LogP contribution < -0.4 is 0 Å². The molecule has 1 aromatic heterocycles. The van der Waals surface area contributed by atoms with E-state index in [4.69, 9.17) is 11.2 Å². The lowest BCUT2D eigenvalue weighted by atomic mass is 10.2. The van der Waals surface area contributed by atoms with E-state index in [2.05, 4.69) is 10.8 Å². The van der Waals surface area contributed by atoms with Crippen LogP contribution in [0.25, 0.3) is 0 Å². The fourth-order valence-corrected chi connectivity index (χ4v) is 2.62. The molecule has 0 spiro atoms. The van der Waals surface area contributed by atoms with Crippen molar-refractivity contribution in [2.45, 2.75) is 25.8 Å². The standard InChI is InChI=1S/C16H20N2O3/c1-4-7-18-8-5-6-14(18)11-21-16(20)15-9-13(12(2)19)10-17(15)3/h1,9-10,14H,5-8,11H2,2-3H3. The predicted molar refractivity (Wildman–Crippen MR) is 79.1 cm³/mol. The summed E-state index contributed by atoms with van der Waals surface area (Å²) >= 11 is 0. The maximum Gasteiger partial charge on any atom is 0.355 e. The number of likely N-dealkylation sites (tertiary alicyclic amines) is 1. The van der Waals surface area contributed by atoms with E-state index in [0.29, 0.717) is 24.4 Å². The summed E-state index contributed by atoms with van der Waals surface area (Å²) in [5, 5.41) is 0. The Bertz CT molecular complexity index is 583. The van der Waals surface area contributed by atoms with Crippen molar-refractivity contribution in [3.63, 3.8) is 0 Å². The fourth-order valence-electron chi connectivity index (χ4n) is 2.62. The number of aryl methyl sites for hydroxylation is 1. The van der Waals surface area contributed by atoms with E-state index in [1.165, 1.54) is 6.92 Å². The first-order valence-corrected chi connectivity index (χ1v) is 7.05. The number of ether oxygens (including phenoxy) is 1. The maximum absolute atomic E-state index is 12.1. The largest absolute Gasteiger partial charge is 0.459 e. The molecule has 0 saturated carbocycles. The molecule has 1 fully saturated rings. The minimum Gasteiger partial charge on any atom is -0.459 e. The predicted octanol–water partition coefficient (Wildman–Crippen LogP) is 1.48. The second kappa shape index (κ2) is 6.59. The van der Waals surface area contributed by atoms with Gasteiger partial charge in [0.15, 0.2) is 5.78 Å². The molecule has 0 aromatic carbocycles. The number of carbonyl (C=O) groups excluding carboxylic acids is 2. The molecule has 0 aliphatic carbocycles. The third kappa shape index (κ3) is 3.53. The average molecular weight is 288 g/mol. The Labute approximate surface area is 124 Å². The number of ketones is 1. The van der Waals surface area contributed by atoms with Gasteiger partial charge >= 0.3 is 5.97 Å². The zero-order valence-electron chi connectivity index (χ0n) is 12.5. The number of hydrogen-bond acceptors (Lipinski definition) is 4. The molecular formula is C16H20N2O3. The van der Waals surface area contributed by atoms with E-state index >= 15 is 0 Å². The van der Waals surface area contributed by atoms with Gasteiger partial charge in [-0.05, 0) is 32.4 Å². The molecule has 1 aromatic rings. The lowest BCUT2D eigenvalue weighted by Gasteiger charge is -2.21. The highest BCUT2D eigenvalue weighted by Crippen LogP contribution is 2.17. The summed E-state index contributed by atoms with van der Waals surface area (Å²) in [5.74, 6) is 2.15. The van der Waals surface area contributed by atoms with Crippen molar-refractivity contribution in [2.24, 2.45) is 7.05 Å². The molecular weight excluding hydrogens is 268 g/mol. The number of rotatable bonds is 5. The van der Waals surface area contributed by atoms with Gasteiger partial charge in [-0.15, -0.1) is 6.42 Å². The summed E-state index contributed by atoms with van der Waals surface area (Å²) in [6.07, 6.45) is 9.03.